The van der Waals surface area contributed by atoms with Crippen molar-refractivity contribution in [2.24, 2.45) is 5.73 Å². The van der Waals surface area contributed by atoms with Crippen LogP contribution in [0.3, 0.4) is 0 Å². The van der Waals surface area contributed by atoms with Crippen LogP contribution in [0.2, 0.25) is 0 Å². The van der Waals surface area contributed by atoms with Gasteiger partial charge in [-0.05, 0) is 24.3 Å². The smallest absolute Gasteiger partial charge is 0.225 e. The number of nitrogens with two attached hydrogens (primary N) is 1. The minimum absolute atomic E-state index is 0.102. The van der Waals surface area contributed by atoms with Crippen LogP contribution < -0.4 is 16.0 Å². The largest absolute Gasteiger partial charge is 0.378 e. The standard InChI is InChI=1S/C18H21N7O2/c19-6-5-15(26)21-13-3-1-12(2-4-13)16-22-17-14(11-20-24-17)18(23-16)25-7-9-27-10-8-25/h1-4,11H,5-10,19H2,(H,21,26)(H,20,22,23,24). The van der Waals surface area contributed by atoms with Crippen molar-refractivity contribution in [3.63, 3.8) is 0 Å². The van der Waals surface area contributed by atoms with E-state index in [9.17, 15) is 4.79 Å². The number of aromatic nitrogens is 4. The number of hydrogen-bond acceptors (Lipinski definition) is 7. The number of aromatic amines is 1. The molecule has 4 N–H and O–H groups in total. The highest BCUT2D eigenvalue weighted by atomic mass is 16.5. The van der Waals surface area contributed by atoms with Crippen LogP contribution in [0.25, 0.3) is 22.4 Å². The van der Waals surface area contributed by atoms with Crippen molar-refractivity contribution in [1.29, 1.82) is 0 Å². The van der Waals surface area contributed by atoms with Gasteiger partial charge >= 0.3 is 0 Å². The van der Waals surface area contributed by atoms with Gasteiger partial charge in [0.25, 0.3) is 0 Å². The van der Waals surface area contributed by atoms with Gasteiger partial charge in [-0.1, -0.05) is 0 Å². The Labute approximate surface area is 155 Å². The maximum Gasteiger partial charge on any atom is 0.225 e. The molecule has 1 fully saturated rings. The van der Waals surface area contributed by atoms with Crippen molar-refractivity contribution in [3.8, 4) is 11.4 Å². The lowest BCUT2D eigenvalue weighted by Gasteiger charge is -2.28. The van der Waals surface area contributed by atoms with Crippen LogP contribution in [0, 0.1) is 0 Å². The maximum atomic E-state index is 11.7. The number of benzene rings is 1. The Bertz CT molecular complexity index is 933. The van der Waals surface area contributed by atoms with Gasteiger partial charge in [0.05, 0.1) is 24.8 Å². The second kappa shape index (κ2) is 7.68. The van der Waals surface area contributed by atoms with Gasteiger partial charge in [0.15, 0.2) is 11.5 Å². The number of ether oxygens (including phenoxy) is 1. The molecule has 4 rings (SSSR count). The summed E-state index contributed by atoms with van der Waals surface area (Å²) >= 11 is 0. The van der Waals surface area contributed by atoms with Crippen molar-refractivity contribution in [2.45, 2.75) is 6.42 Å². The van der Waals surface area contributed by atoms with Gasteiger partial charge in [0.1, 0.15) is 5.82 Å². The average Bonchev–Trinajstić information content (AvgIpc) is 3.17. The summed E-state index contributed by atoms with van der Waals surface area (Å²) < 4.78 is 5.44. The predicted octanol–water partition coefficient (Wildman–Crippen LogP) is 1.14. The first kappa shape index (κ1) is 17.4. The molecule has 3 aromatic rings. The lowest BCUT2D eigenvalue weighted by atomic mass is 10.2. The highest BCUT2D eigenvalue weighted by Crippen LogP contribution is 2.27. The number of nitrogens with one attached hydrogen (secondary N) is 2. The van der Waals surface area contributed by atoms with Crippen LogP contribution in [-0.4, -0.2) is 58.9 Å². The summed E-state index contributed by atoms with van der Waals surface area (Å²) in [5, 5.41) is 10.8. The molecule has 27 heavy (non-hydrogen) atoms. The third-order valence-corrected chi connectivity index (χ3v) is 4.40. The summed E-state index contributed by atoms with van der Waals surface area (Å²) in [4.78, 5) is 23.2. The molecule has 9 nitrogen and oxygen atoms in total. The molecule has 0 spiro atoms. The third kappa shape index (κ3) is 3.74. The van der Waals surface area contributed by atoms with Crippen LogP contribution in [0.15, 0.2) is 30.5 Å². The van der Waals surface area contributed by atoms with Crippen molar-refractivity contribution < 1.29 is 9.53 Å². The fourth-order valence-corrected chi connectivity index (χ4v) is 3.02. The zero-order valence-corrected chi connectivity index (χ0v) is 14.8. The van der Waals surface area contributed by atoms with Crippen molar-refractivity contribution in [2.75, 3.05) is 43.1 Å². The maximum absolute atomic E-state index is 11.7. The molecule has 1 amide bonds. The Morgan fingerprint density at radius 2 is 2.00 bits per heavy atom. The van der Waals surface area contributed by atoms with Gasteiger partial charge in [-0.15, -0.1) is 0 Å². The molecule has 2 aromatic heterocycles. The Hall–Kier alpha value is -3.04. The predicted molar refractivity (Wildman–Crippen MR) is 102 cm³/mol. The fourth-order valence-electron chi connectivity index (χ4n) is 3.02. The summed E-state index contributed by atoms with van der Waals surface area (Å²) in [5.41, 5.74) is 7.67. The number of fused-ring (bicyclic) bond motifs is 1. The van der Waals surface area contributed by atoms with Crippen LogP contribution in [0.1, 0.15) is 6.42 Å². The highest BCUT2D eigenvalue weighted by Gasteiger charge is 2.19. The summed E-state index contributed by atoms with van der Waals surface area (Å²) in [6, 6.07) is 7.44. The normalized spacial score (nSPS) is 14.5. The van der Waals surface area contributed by atoms with Gasteiger partial charge in [-0.25, -0.2) is 9.97 Å². The van der Waals surface area contributed by atoms with E-state index >= 15 is 0 Å². The average molecular weight is 367 g/mol. The zero-order valence-electron chi connectivity index (χ0n) is 14.8. The van der Waals surface area contributed by atoms with Crippen LogP contribution in [0.5, 0.6) is 0 Å². The van der Waals surface area contributed by atoms with E-state index in [1.54, 1.807) is 6.20 Å². The zero-order chi connectivity index (χ0) is 18.6. The van der Waals surface area contributed by atoms with Crippen LogP contribution >= 0.6 is 0 Å². The molecule has 0 atom stereocenters. The van der Waals surface area contributed by atoms with Gasteiger partial charge < -0.3 is 20.7 Å². The minimum Gasteiger partial charge on any atom is -0.378 e. The lowest BCUT2D eigenvalue weighted by Crippen LogP contribution is -2.37. The lowest BCUT2D eigenvalue weighted by molar-refractivity contribution is -0.116. The molecule has 1 aromatic carbocycles. The number of amides is 1. The molecule has 1 saturated heterocycles. The van der Waals surface area contributed by atoms with E-state index in [4.69, 9.17) is 15.5 Å². The first-order chi connectivity index (χ1) is 13.2. The molecular formula is C18H21N7O2. The molecular weight excluding hydrogens is 346 g/mol. The molecule has 140 valence electrons. The molecule has 1 aliphatic rings. The summed E-state index contributed by atoms with van der Waals surface area (Å²) in [6.07, 6.45) is 2.05. The van der Waals surface area contributed by atoms with E-state index in [1.165, 1.54) is 0 Å². The fraction of sp³-hybridized carbons (Fsp3) is 0.333. The second-order valence-electron chi connectivity index (χ2n) is 6.27. The molecule has 3 heterocycles. The van der Waals surface area contributed by atoms with Gasteiger partial charge in [-0.2, -0.15) is 5.10 Å². The number of hydrogen-bond donors (Lipinski definition) is 3. The van der Waals surface area contributed by atoms with Gasteiger partial charge in [0, 0.05) is 37.3 Å². The van der Waals surface area contributed by atoms with Crippen molar-refractivity contribution >= 4 is 28.4 Å². The number of H-pyrrole nitrogens is 1. The third-order valence-electron chi connectivity index (χ3n) is 4.40. The number of carbonyl (C=O) groups excluding carboxylic acids is 1. The van der Waals surface area contributed by atoms with Crippen molar-refractivity contribution in [3.05, 3.63) is 30.5 Å². The van der Waals surface area contributed by atoms with E-state index in [2.05, 4.69) is 25.4 Å². The molecule has 0 bridgehead atoms. The highest BCUT2D eigenvalue weighted by molar-refractivity contribution is 5.91. The number of morpholine rings is 1. The number of carbonyl (C=O) groups is 1. The number of anilines is 2. The molecule has 0 unspecified atom stereocenters. The molecule has 9 heteroatoms. The first-order valence-corrected chi connectivity index (χ1v) is 8.89. The van der Waals surface area contributed by atoms with E-state index in [0.29, 0.717) is 43.3 Å². The van der Waals surface area contributed by atoms with E-state index in [1.807, 2.05) is 24.3 Å². The van der Waals surface area contributed by atoms with E-state index in [0.717, 1.165) is 29.9 Å². The number of nitrogens with zero attached hydrogens (tertiary/aromatic N) is 4. The molecule has 0 radical (unpaired) electrons. The summed E-state index contributed by atoms with van der Waals surface area (Å²) in [6.45, 7) is 3.24. The van der Waals surface area contributed by atoms with Gasteiger partial charge in [-0.3, -0.25) is 9.89 Å². The van der Waals surface area contributed by atoms with Gasteiger partial charge in [0.2, 0.25) is 5.91 Å². The quantitative estimate of drug-likeness (QED) is 0.618. The Kier molecular flexibility index (Phi) is 4.95. The van der Waals surface area contributed by atoms with Crippen molar-refractivity contribution in [1.82, 2.24) is 20.2 Å². The monoisotopic (exact) mass is 367 g/mol. The van der Waals surface area contributed by atoms with Crippen LogP contribution in [0.4, 0.5) is 11.5 Å². The first-order valence-electron chi connectivity index (χ1n) is 8.89. The Balaban J connectivity index is 1.64. The van der Waals surface area contributed by atoms with E-state index < -0.39 is 0 Å². The minimum atomic E-state index is -0.102. The number of rotatable bonds is 5. The molecule has 0 aliphatic carbocycles. The Morgan fingerprint density at radius 3 is 2.74 bits per heavy atom. The topological polar surface area (TPSA) is 122 Å². The summed E-state index contributed by atoms with van der Waals surface area (Å²) in [5.74, 6) is 1.36. The van der Waals surface area contributed by atoms with E-state index in [-0.39, 0.29) is 5.91 Å². The van der Waals surface area contributed by atoms with Crippen LogP contribution in [-0.2, 0) is 9.53 Å². The molecule has 1 aliphatic heterocycles. The molecule has 0 saturated carbocycles. The SMILES string of the molecule is NCCC(=O)Nc1ccc(-c2nc(N3CCOCC3)c3cn[nH]c3n2)cc1. The second-order valence-corrected chi connectivity index (χ2v) is 6.27. The Morgan fingerprint density at radius 1 is 1.22 bits per heavy atom. The summed E-state index contributed by atoms with van der Waals surface area (Å²) in [7, 11) is 0.